The minimum Gasteiger partial charge on any atom is -0.339 e. The van der Waals surface area contributed by atoms with E-state index in [9.17, 15) is 4.79 Å². The molecule has 1 fully saturated rings. The van der Waals surface area contributed by atoms with Crippen LogP contribution in [0.2, 0.25) is 0 Å². The first-order valence-corrected chi connectivity index (χ1v) is 3.73. The average Bonchev–Trinajstić information content (AvgIpc) is 1.85. The number of carbonyl (C=O) groups is 1. The van der Waals surface area contributed by atoms with Crippen LogP contribution in [0.25, 0.3) is 0 Å². The highest BCUT2D eigenvalue weighted by molar-refractivity contribution is 5.76. The highest BCUT2D eigenvalue weighted by Gasteiger charge is 2.27. The monoisotopic (exact) mass is 142 g/mol. The van der Waals surface area contributed by atoms with Crippen LogP contribution in [0.15, 0.2) is 0 Å². The van der Waals surface area contributed by atoms with E-state index in [-0.39, 0.29) is 5.91 Å². The van der Waals surface area contributed by atoms with Crippen molar-refractivity contribution in [1.82, 2.24) is 10.2 Å². The lowest BCUT2D eigenvalue weighted by atomic mass is 10.1. The maximum atomic E-state index is 11.0. The molecule has 0 radical (unpaired) electrons. The first-order chi connectivity index (χ1) is 4.77. The molecule has 1 saturated heterocycles. The van der Waals surface area contributed by atoms with Crippen LogP contribution < -0.4 is 5.32 Å². The number of likely N-dealkylation sites (tertiary alicyclic amines) is 1. The van der Waals surface area contributed by atoms with Gasteiger partial charge in [0.05, 0.1) is 0 Å². The van der Waals surface area contributed by atoms with Crippen molar-refractivity contribution in [3.63, 3.8) is 0 Å². The molecule has 1 aliphatic heterocycles. The molecule has 58 valence electrons. The van der Waals surface area contributed by atoms with Crippen LogP contribution >= 0.6 is 0 Å². The van der Waals surface area contributed by atoms with Crippen molar-refractivity contribution in [3.8, 4) is 0 Å². The smallest absolute Gasteiger partial charge is 0.222 e. The van der Waals surface area contributed by atoms with Gasteiger partial charge in [0.2, 0.25) is 5.91 Å². The molecule has 0 atom stereocenters. The van der Waals surface area contributed by atoms with Gasteiger partial charge in [-0.15, -0.1) is 0 Å². The Hall–Kier alpha value is -0.570. The van der Waals surface area contributed by atoms with Crippen molar-refractivity contribution in [2.24, 2.45) is 0 Å². The number of likely N-dealkylation sites (N-methyl/N-ethyl adjacent to an activating group) is 1. The fraction of sp³-hybridized carbons (Fsp3) is 0.857. The van der Waals surface area contributed by atoms with Crippen molar-refractivity contribution in [1.29, 1.82) is 0 Å². The quantitative estimate of drug-likeness (QED) is 0.580. The zero-order valence-electron chi connectivity index (χ0n) is 6.55. The number of nitrogens with one attached hydrogen (secondary N) is 1. The van der Waals surface area contributed by atoms with Gasteiger partial charge in [0.1, 0.15) is 0 Å². The molecule has 0 unspecified atom stereocenters. The molecule has 10 heavy (non-hydrogen) atoms. The van der Waals surface area contributed by atoms with Gasteiger partial charge in [-0.1, -0.05) is 6.92 Å². The van der Waals surface area contributed by atoms with Crippen LogP contribution in [-0.2, 0) is 4.79 Å². The summed E-state index contributed by atoms with van der Waals surface area (Å²) in [5, 5.41) is 3.12. The van der Waals surface area contributed by atoms with Crippen molar-refractivity contribution in [2.75, 3.05) is 20.1 Å². The zero-order valence-corrected chi connectivity index (χ0v) is 6.55. The van der Waals surface area contributed by atoms with Gasteiger partial charge >= 0.3 is 0 Å². The lowest BCUT2D eigenvalue weighted by molar-refractivity contribution is -0.135. The molecule has 1 N–H and O–H groups in total. The molecule has 1 rings (SSSR count). The molecular formula is C7H14N2O. The summed E-state index contributed by atoms with van der Waals surface area (Å²) in [4.78, 5) is 12.8. The standard InChI is InChI=1S/C7H14N2O/c1-3-7(10)9-4-6(5-9)8-2/h6,8H,3-5H2,1-2H3. The van der Waals surface area contributed by atoms with Crippen LogP contribution in [0.3, 0.4) is 0 Å². The van der Waals surface area contributed by atoms with E-state index in [0.717, 1.165) is 13.1 Å². The van der Waals surface area contributed by atoms with Gasteiger partial charge in [0, 0.05) is 25.6 Å². The Balaban J connectivity index is 2.19. The fourth-order valence-corrected chi connectivity index (χ4v) is 1.09. The van der Waals surface area contributed by atoms with E-state index in [1.54, 1.807) is 0 Å². The minimum atomic E-state index is 0.270. The molecule has 0 aromatic carbocycles. The molecular weight excluding hydrogens is 128 g/mol. The predicted molar refractivity (Wildman–Crippen MR) is 39.7 cm³/mol. The number of hydrogen-bond acceptors (Lipinski definition) is 2. The van der Waals surface area contributed by atoms with E-state index in [2.05, 4.69) is 5.32 Å². The summed E-state index contributed by atoms with van der Waals surface area (Å²) in [5.41, 5.74) is 0. The third-order valence-corrected chi connectivity index (χ3v) is 1.94. The van der Waals surface area contributed by atoms with Crippen molar-refractivity contribution < 1.29 is 4.79 Å². The second-order valence-electron chi connectivity index (χ2n) is 2.64. The molecule has 0 saturated carbocycles. The summed E-state index contributed by atoms with van der Waals surface area (Å²) in [7, 11) is 1.93. The van der Waals surface area contributed by atoms with Crippen molar-refractivity contribution >= 4 is 5.91 Å². The summed E-state index contributed by atoms with van der Waals surface area (Å²) in [6.07, 6.45) is 0.635. The van der Waals surface area contributed by atoms with Gasteiger partial charge in [-0.3, -0.25) is 4.79 Å². The Bertz CT molecular complexity index is 130. The Kier molecular flexibility index (Phi) is 2.27. The first-order valence-electron chi connectivity index (χ1n) is 3.73. The third-order valence-electron chi connectivity index (χ3n) is 1.94. The number of carbonyl (C=O) groups excluding carboxylic acids is 1. The Morgan fingerprint density at radius 3 is 2.70 bits per heavy atom. The predicted octanol–water partition coefficient (Wildman–Crippen LogP) is -0.173. The largest absolute Gasteiger partial charge is 0.339 e. The van der Waals surface area contributed by atoms with Crippen LogP contribution in [0, 0.1) is 0 Å². The fourth-order valence-electron chi connectivity index (χ4n) is 1.09. The molecule has 0 aliphatic carbocycles. The lowest BCUT2D eigenvalue weighted by Gasteiger charge is -2.38. The van der Waals surface area contributed by atoms with E-state index in [4.69, 9.17) is 0 Å². The highest BCUT2D eigenvalue weighted by atomic mass is 16.2. The van der Waals surface area contributed by atoms with Gasteiger partial charge in [-0.05, 0) is 7.05 Å². The average molecular weight is 142 g/mol. The molecule has 0 spiro atoms. The van der Waals surface area contributed by atoms with E-state index in [1.165, 1.54) is 0 Å². The molecule has 3 heteroatoms. The van der Waals surface area contributed by atoms with Gasteiger partial charge in [0.25, 0.3) is 0 Å². The Morgan fingerprint density at radius 2 is 2.30 bits per heavy atom. The first kappa shape index (κ1) is 7.54. The SMILES string of the molecule is CCC(=O)N1CC(NC)C1. The number of rotatable bonds is 2. The number of hydrogen-bond donors (Lipinski definition) is 1. The number of nitrogens with zero attached hydrogens (tertiary/aromatic N) is 1. The minimum absolute atomic E-state index is 0.270. The molecule has 0 aromatic heterocycles. The number of amides is 1. The maximum Gasteiger partial charge on any atom is 0.222 e. The summed E-state index contributed by atoms with van der Waals surface area (Å²) < 4.78 is 0. The second kappa shape index (κ2) is 3.01. The summed E-state index contributed by atoms with van der Waals surface area (Å²) in [5.74, 6) is 0.270. The molecule has 1 heterocycles. The second-order valence-corrected chi connectivity index (χ2v) is 2.64. The van der Waals surface area contributed by atoms with E-state index >= 15 is 0 Å². The van der Waals surface area contributed by atoms with Gasteiger partial charge in [-0.25, -0.2) is 0 Å². The summed E-state index contributed by atoms with van der Waals surface area (Å²) in [6.45, 7) is 3.68. The zero-order chi connectivity index (χ0) is 7.56. The summed E-state index contributed by atoms with van der Waals surface area (Å²) >= 11 is 0. The topological polar surface area (TPSA) is 32.3 Å². The third kappa shape index (κ3) is 1.29. The van der Waals surface area contributed by atoms with E-state index < -0.39 is 0 Å². The van der Waals surface area contributed by atoms with Crippen LogP contribution in [-0.4, -0.2) is 37.0 Å². The maximum absolute atomic E-state index is 11.0. The van der Waals surface area contributed by atoms with E-state index in [0.29, 0.717) is 12.5 Å². The normalized spacial score (nSPS) is 18.8. The lowest BCUT2D eigenvalue weighted by Crippen LogP contribution is -2.58. The van der Waals surface area contributed by atoms with Gasteiger partial charge in [0.15, 0.2) is 0 Å². The molecule has 1 aliphatic rings. The Labute approximate surface area is 61.4 Å². The Morgan fingerprint density at radius 1 is 1.70 bits per heavy atom. The van der Waals surface area contributed by atoms with Gasteiger partial charge in [-0.2, -0.15) is 0 Å². The van der Waals surface area contributed by atoms with Crippen LogP contribution in [0.1, 0.15) is 13.3 Å². The molecule has 0 bridgehead atoms. The molecule has 3 nitrogen and oxygen atoms in total. The van der Waals surface area contributed by atoms with Crippen LogP contribution in [0.5, 0.6) is 0 Å². The highest BCUT2D eigenvalue weighted by Crippen LogP contribution is 2.07. The van der Waals surface area contributed by atoms with E-state index in [1.807, 2.05) is 18.9 Å². The van der Waals surface area contributed by atoms with Gasteiger partial charge < -0.3 is 10.2 Å². The van der Waals surface area contributed by atoms with Crippen molar-refractivity contribution in [3.05, 3.63) is 0 Å². The molecule has 0 aromatic rings. The summed E-state index contributed by atoms with van der Waals surface area (Å²) in [6, 6.07) is 0.537. The van der Waals surface area contributed by atoms with Crippen molar-refractivity contribution in [2.45, 2.75) is 19.4 Å². The molecule has 1 amide bonds. The van der Waals surface area contributed by atoms with Crippen LogP contribution in [0.4, 0.5) is 0 Å².